The third kappa shape index (κ3) is 9.02. The van der Waals surface area contributed by atoms with Crippen molar-refractivity contribution in [1.29, 1.82) is 0 Å². The number of alkyl carbamates (subject to hydrolysis) is 2. The largest absolute Gasteiger partial charge is 0.453 e. The molecule has 6 heterocycles. The zero-order valence-electron chi connectivity index (χ0n) is 43.3. The number of hydrogen-bond donors (Lipinski definition) is 4. The van der Waals surface area contributed by atoms with Crippen molar-refractivity contribution < 1.29 is 28.7 Å². The van der Waals surface area contributed by atoms with Crippen LogP contribution in [0, 0.1) is 23.7 Å². The number of amides is 4. The number of aromatic nitrogens is 4. The highest BCUT2D eigenvalue weighted by atomic mass is 16.5. The number of aryl methyl sites for hydroxylation is 2. The SMILES string of the molecule is COC(=O)NC(C(=O)N1C2CCC(CC2)C1c1nc2ccc(-c3cc4ccc3CCc3ccc(c(-c5ccc6nc(C7C8CCC(CC8)N7C(=O)C(NC(=O)OC)C(C)C)[nH]c6c5)c3)CC4C)cc2[nH]1)C(C)C. The Morgan fingerprint density at radius 1 is 0.589 bits per heavy atom. The number of rotatable bonds is 10. The summed E-state index contributed by atoms with van der Waals surface area (Å²) in [6, 6.07) is 25.5. The minimum Gasteiger partial charge on any atom is -0.453 e. The number of ether oxygens (including phenoxy) is 2. The average molecular weight is 987 g/mol. The summed E-state index contributed by atoms with van der Waals surface area (Å²) in [5.41, 5.74) is 13.5. The number of nitrogens with one attached hydrogen (secondary N) is 4. The van der Waals surface area contributed by atoms with Crippen LogP contribution in [0.2, 0.25) is 0 Å². The Kier molecular flexibility index (Phi) is 13.1. The Labute approximate surface area is 427 Å². The molecule has 5 atom stereocenters. The monoisotopic (exact) mass is 987 g/mol. The Balaban J connectivity index is 0.865. The lowest BCUT2D eigenvalue weighted by molar-refractivity contribution is -0.149. The van der Waals surface area contributed by atoms with E-state index in [0.717, 1.165) is 115 Å². The second kappa shape index (κ2) is 19.6. The Morgan fingerprint density at radius 3 is 1.55 bits per heavy atom. The fourth-order valence-corrected chi connectivity index (χ4v) is 13.4. The van der Waals surface area contributed by atoms with Crippen molar-refractivity contribution in [3.05, 3.63) is 107 Å². The van der Waals surface area contributed by atoms with Crippen molar-refractivity contribution in [3.63, 3.8) is 0 Å². The van der Waals surface area contributed by atoms with Gasteiger partial charge in [-0.1, -0.05) is 83.1 Å². The van der Waals surface area contributed by atoms with Crippen molar-refractivity contribution in [2.45, 2.75) is 147 Å². The van der Waals surface area contributed by atoms with Crippen LogP contribution in [-0.4, -0.2) is 92.1 Å². The molecular formula is C59H70N8O6. The molecular weight excluding hydrogens is 917 g/mol. The van der Waals surface area contributed by atoms with E-state index in [1.54, 1.807) is 0 Å². The summed E-state index contributed by atoms with van der Waals surface area (Å²) in [5, 5.41) is 5.65. The molecule has 4 aromatic carbocycles. The highest BCUT2D eigenvalue weighted by Gasteiger charge is 2.50. The topological polar surface area (TPSA) is 175 Å². The number of carbonyl (C=O) groups is 4. The zero-order chi connectivity index (χ0) is 50.8. The molecule has 2 aromatic heterocycles. The highest BCUT2D eigenvalue weighted by molar-refractivity contribution is 5.89. The number of aromatic amines is 2. The lowest BCUT2D eigenvalue weighted by Gasteiger charge is -2.51. The zero-order valence-corrected chi connectivity index (χ0v) is 43.3. The maximum Gasteiger partial charge on any atom is 0.407 e. The maximum absolute atomic E-state index is 14.4. The highest BCUT2D eigenvalue weighted by Crippen LogP contribution is 2.49. The number of carbonyl (C=O) groups excluding carboxylic acids is 4. The average Bonchev–Trinajstić information content (AvgIpc) is 4.04. The van der Waals surface area contributed by atoms with Crippen LogP contribution in [-0.2, 0) is 38.3 Å². The van der Waals surface area contributed by atoms with Crippen LogP contribution in [0.15, 0.2) is 72.8 Å². The first-order valence-electron chi connectivity index (χ1n) is 26.8. The predicted molar refractivity (Wildman–Crippen MR) is 282 cm³/mol. The van der Waals surface area contributed by atoms with Crippen molar-refractivity contribution in [3.8, 4) is 22.3 Å². The quantitative estimate of drug-likeness (QED) is 0.105. The summed E-state index contributed by atoms with van der Waals surface area (Å²) in [6.45, 7) is 10.2. The van der Waals surface area contributed by atoms with Crippen molar-refractivity contribution in [1.82, 2.24) is 40.4 Å². The number of hydrogen-bond acceptors (Lipinski definition) is 8. The Hall–Kier alpha value is -6.70. The summed E-state index contributed by atoms with van der Waals surface area (Å²) < 4.78 is 9.84. The number of nitrogens with zero attached hydrogens (tertiary/aromatic N) is 4. The predicted octanol–water partition coefficient (Wildman–Crippen LogP) is 10.9. The molecule has 5 unspecified atom stereocenters. The normalized spacial score (nSPS) is 24.2. The molecule has 2 saturated carbocycles. The van der Waals surface area contributed by atoms with E-state index in [-0.39, 0.29) is 65.6 Å². The van der Waals surface area contributed by atoms with Crippen LogP contribution < -0.4 is 10.6 Å². The first-order valence-corrected chi connectivity index (χ1v) is 26.8. The van der Waals surface area contributed by atoms with Gasteiger partial charge in [-0.3, -0.25) is 9.59 Å². The summed E-state index contributed by atoms with van der Waals surface area (Å²) in [4.78, 5) is 75.4. The molecule has 4 N–H and O–H groups in total. The van der Waals surface area contributed by atoms with Gasteiger partial charge in [0, 0.05) is 12.1 Å². The molecule has 382 valence electrons. The van der Waals surface area contributed by atoms with E-state index < -0.39 is 24.3 Å². The summed E-state index contributed by atoms with van der Waals surface area (Å²) in [5.74, 6) is 2.05. The third-order valence-corrected chi connectivity index (χ3v) is 17.3. The Morgan fingerprint density at radius 2 is 1.07 bits per heavy atom. The van der Waals surface area contributed by atoms with Gasteiger partial charge in [-0.25, -0.2) is 19.6 Å². The van der Waals surface area contributed by atoms with Gasteiger partial charge in [0.05, 0.1) is 48.4 Å². The van der Waals surface area contributed by atoms with Crippen LogP contribution in [0.4, 0.5) is 9.59 Å². The second-order valence-corrected chi connectivity index (χ2v) is 22.5. The van der Waals surface area contributed by atoms with Gasteiger partial charge in [0.25, 0.3) is 0 Å². The number of imidazole rings is 2. The van der Waals surface area contributed by atoms with Gasteiger partial charge in [0.2, 0.25) is 11.8 Å². The minimum absolute atomic E-state index is 0.0727. The fraction of sp³-hybridized carbons (Fsp3) is 0.492. The van der Waals surface area contributed by atoms with Crippen LogP contribution in [0.5, 0.6) is 0 Å². The molecule has 4 saturated heterocycles. The van der Waals surface area contributed by atoms with Crippen molar-refractivity contribution >= 4 is 46.1 Å². The molecule has 4 aliphatic heterocycles. The lowest BCUT2D eigenvalue weighted by Crippen LogP contribution is -2.59. The first-order chi connectivity index (χ1) is 35.3. The van der Waals surface area contributed by atoms with Gasteiger partial charge < -0.3 is 39.9 Å². The van der Waals surface area contributed by atoms with Crippen molar-refractivity contribution in [2.24, 2.45) is 23.7 Å². The van der Waals surface area contributed by atoms with Gasteiger partial charge >= 0.3 is 12.2 Å². The van der Waals surface area contributed by atoms with Crippen molar-refractivity contribution in [2.75, 3.05) is 14.2 Å². The van der Waals surface area contributed by atoms with E-state index >= 15 is 0 Å². The van der Waals surface area contributed by atoms with Gasteiger partial charge in [-0.2, -0.15) is 0 Å². The molecule has 73 heavy (non-hydrogen) atoms. The molecule has 6 aromatic rings. The molecule has 8 bridgehead atoms. The van der Waals surface area contributed by atoms with Gasteiger partial charge in [0.1, 0.15) is 23.7 Å². The number of benzene rings is 4. The number of H-pyrrole nitrogens is 2. The number of fused-ring (bicyclic) bond motifs is 8. The summed E-state index contributed by atoms with van der Waals surface area (Å²) in [6.07, 6.45) is 9.38. The molecule has 6 aliphatic carbocycles. The molecule has 6 fully saturated rings. The van der Waals surface area contributed by atoms with E-state index in [9.17, 15) is 19.2 Å². The molecule has 16 rings (SSSR count). The standard InChI is InChI=1S/C59H70N8O6/c1-31(2)50(64-58(70)72-6)56(68)66-42-20-14-36(15-21-42)52(66)54-60-46-24-18-40(29-48(46)62-54)44-27-34-8-10-35-12-13-38(33(5)26-39(44)11-9-34)28-45(35)41-19-25-47-49(30-41)63-55(61-47)53-37-16-22-43(23-17-37)67(53)57(69)51(32(3)4)65-59(71)73-7/h9,11-13,18-19,24-25,27-33,36-37,42-43,50-53H,8,10,14-17,20-23,26H2,1-7H3,(H,60,62)(H,61,63)(H,64,70)(H,65,71). The van der Waals surface area contributed by atoms with E-state index in [1.165, 1.54) is 47.6 Å². The molecule has 14 heteroatoms. The maximum atomic E-state index is 14.4. The van der Waals surface area contributed by atoms with Crippen LogP contribution >= 0.6 is 0 Å². The van der Waals surface area contributed by atoms with Gasteiger partial charge in [0.15, 0.2) is 0 Å². The molecule has 14 nitrogen and oxygen atoms in total. The van der Waals surface area contributed by atoms with Crippen LogP contribution in [0.1, 0.15) is 138 Å². The third-order valence-electron chi connectivity index (χ3n) is 17.3. The summed E-state index contributed by atoms with van der Waals surface area (Å²) in [7, 11) is 2.66. The molecule has 4 amide bonds. The van der Waals surface area contributed by atoms with E-state index in [1.807, 2.05) is 37.5 Å². The fourth-order valence-electron chi connectivity index (χ4n) is 13.4. The lowest BCUT2D eigenvalue weighted by atomic mass is 9.73. The minimum atomic E-state index is -0.693. The summed E-state index contributed by atoms with van der Waals surface area (Å²) >= 11 is 0. The van der Waals surface area contributed by atoms with Gasteiger partial charge in [-0.05, 0) is 169 Å². The first kappa shape index (κ1) is 48.6. The molecule has 0 spiro atoms. The second-order valence-electron chi connectivity index (χ2n) is 22.5. The molecule has 0 radical (unpaired) electrons. The number of methoxy groups -OCH3 is 2. The van der Waals surface area contributed by atoms with Crippen LogP contribution in [0.3, 0.4) is 0 Å². The Bertz CT molecular complexity index is 3090. The van der Waals surface area contributed by atoms with E-state index in [2.05, 4.69) is 100 Å². The molecule has 10 aliphatic rings. The van der Waals surface area contributed by atoms with Crippen LogP contribution in [0.25, 0.3) is 44.3 Å². The van der Waals surface area contributed by atoms with E-state index in [0.29, 0.717) is 0 Å². The smallest absolute Gasteiger partial charge is 0.407 e. The van der Waals surface area contributed by atoms with E-state index in [4.69, 9.17) is 19.4 Å². The van der Waals surface area contributed by atoms with Gasteiger partial charge in [-0.15, -0.1) is 0 Å². The number of piperidine rings is 4.